The summed E-state index contributed by atoms with van der Waals surface area (Å²) in [6.45, 7) is 2.13. The zero-order valence-corrected chi connectivity index (χ0v) is 9.58. The predicted octanol–water partition coefficient (Wildman–Crippen LogP) is 1.46. The van der Waals surface area contributed by atoms with E-state index in [1.54, 1.807) is 0 Å². The molecule has 6 heteroatoms. The molecule has 0 saturated carbocycles. The van der Waals surface area contributed by atoms with Gasteiger partial charge >= 0.3 is 5.97 Å². The number of carbonyl (C=O) groups is 1. The largest absolute Gasteiger partial charge is 0.480 e. The van der Waals surface area contributed by atoms with E-state index in [9.17, 15) is 17.6 Å². The molecule has 0 atom stereocenters. The van der Waals surface area contributed by atoms with Crippen LogP contribution in [0.5, 0.6) is 0 Å². The van der Waals surface area contributed by atoms with Crippen molar-refractivity contribution >= 4 is 15.8 Å². The molecule has 4 nitrogen and oxygen atoms in total. The number of sulfone groups is 1. The summed E-state index contributed by atoms with van der Waals surface area (Å²) < 4.78 is 34.7. The van der Waals surface area contributed by atoms with Crippen LogP contribution in [-0.4, -0.2) is 24.2 Å². The average Bonchev–Trinajstić information content (AvgIpc) is 2.17. The summed E-state index contributed by atoms with van der Waals surface area (Å²) in [7, 11) is -4.10. The smallest absolute Gasteiger partial charge is 0.324 e. The molecule has 0 bridgehead atoms. The SMILES string of the molecule is CC(C)(C(=O)O)S(=O)(=O)c1cccc(F)c1. The van der Waals surface area contributed by atoms with Crippen LogP contribution in [0.2, 0.25) is 0 Å². The summed E-state index contributed by atoms with van der Waals surface area (Å²) in [4.78, 5) is 10.5. The van der Waals surface area contributed by atoms with Crippen LogP contribution in [0.25, 0.3) is 0 Å². The van der Waals surface area contributed by atoms with Crippen molar-refractivity contribution < 1.29 is 22.7 Å². The van der Waals surface area contributed by atoms with Gasteiger partial charge in [0.25, 0.3) is 0 Å². The average molecular weight is 246 g/mol. The first-order valence-electron chi connectivity index (χ1n) is 4.43. The van der Waals surface area contributed by atoms with Crippen molar-refractivity contribution in [1.29, 1.82) is 0 Å². The van der Waals surface area contributed by atoms with Gasteiger partial charge in [-0.05, 0) is 32.0 Å². The van der Waals surface area contributed by atoms with Gasteiger partial charge < -0.3 is 5.11 Å². The second kappa shape index (κ2) is 3.86. The Bertz CT molecular complexity index is 519. The third-order valence-electron chi connectivity index (χ3n) is 2.29. The monoisotopic (exact) mass is 246 g/mol. The number of carboxylic acids is 1. The van der Waals surface area contributed by atoms with Crippen molar-refractivity contribution in [3.05, 3.63) is 30.1 Å². The second-order valence-corrected chi connectivity index (χ2v) is 6.28. The lowest BCUT2D eigenvalue weighted by Gasteiger charge is -2.19. The first-order valence-corrected chi connectivity index (χ1v) is 5.91. The van der Waals surface area contributed by atoms with Crippen molar-refractivity contribution in [3.63, 3.8) is 0 Å². The van der Waals surface area contributed by atoms with Gasteiger partial charge in [0.05, 0.1) is 4.90 Å². The van der Waals surface area contributed by atoms with Crippen molar-refractivity contribution in [1.82, 2.24) is 0 Å². The van der Waals surface area contributed by atoms with Crippen molar-refractivity contribution in [2.24, 2.45) is 0 Å². The van der Waals surface area contributed by atoms with Crippen LogP contribution in [0.3, 0.4) is 0 Å². The summed E-state index contributed by atoms with van der Waals surface area (Å²) in [6.07, 6.45) is 0. The molecular weight excluding hydrogens is 235 g/mol. The number of rotatable bonds is 3. The van der Waals surface area contributed by atoms with Gasteiger partial charge in [-0.1, -0.05) is 6.07 Å². The Kier molecular flexibility index (Phi) is 3.05. The maximum atomic E-state index is 12.9. The van der Waals surface area contributed by atoms with Gasteiger partial charge in [0.1, 0.15) is 5.82 Å². The maximum absolute atomic E-state index is 12.9. The number of aliphatic carboxylic acids is 1. The molecule has 1 aromatic carbocycles. The highest BCUT2D eigenvalue weighted by Gasteiger charge is 2.43. The molecule has 0 aliphatic heterocycles. The second-order valence-electron chi connectivity index (χ2n) is 3.78. The van der Waals surface area contributed by atoms with E-state index in [0.717, 1.165) is 26.0 Å². The molecule has 0 radical (unpaired) electrons. The first kappa shape index (κ1) is 12.6. The van der Waals surface area contributed by atoms with Gasteiger partial charge in [-0.15, -0.1) is 0 Å². The van der Waals surface area contributed by atoms with E-state index in [1.807, 2.05) is 0 Å². The molecule has 0 heterocycles. The van der Waals surface area contributed by atoms with Crippen LogP contribution >= 0.6 is 0 Å². The number of hydrogen-bond acceptors (Lipinski definition) is 3. The van der Waals surface area contributed by atoms with E-state index in [2.05, 4.69) is 0 Å². The number of hydrogen-bond donors (Lipinski definition) is 1. The highest BCUT2D eigenvalue weighted by atomic mass is 32.2. The van der Waals surface area contributed by atoms with Gasteiger partial charge in [-0.3, -0.25) is 4.79 Å². The minimum atomic E-state index is -4.10. The summed E-state index contributed by atoms with van der Waals surface area (Å²) in [5.41, 5.74) is 0. The molecule has 0 unspecified atom stereocenters. The van der Waals surface area contributed by atoms with Crippen molar-refractivity contribution in [3.8, 4) is 0 Å². The molecule has 1 N–H and O–H groups in total. The Morgan fingerprint density at radius 1 is 1.38 bits per heavy atom. The number of halogens is 1. The van der Waals surface area contributed by atoms with E-state index in [0.29, 0.717) is 0 Å². The Hall–Kier alpha value is -1.43. The molecule has 16 heavy (non-hydrogen) atoms. The van der Waals surface area contributed by atoms with Crippen molar-refractivity contribution in [2.75, 3.05) is 0 Å². The third-order valence-corrected chi connectivity index (χ3v) is 4.69. The third kappa shape index (κ3) is 1.92. The van der Waals surface area contributed by atoms with Gasteiger partial charge in [-0.2, -0.15) is 0 Å². The summed E-state index contributed by atoms with van der Waals surface area (Å²) in [5, 5.41) is 8.83. The minimum absolute atomic E-state index is 0.333. The van der Waals surface area contributed by atoms with Crippen LogP contribution in [0.1, 0.15) is 13.8 Å². The Morgan fingerprint density at radius 3 is 2.38 bits per heavy atom. The molecule has 0 spiro atoms. The topological polar surface area (TPSA) is 71.4 Å². The normalized spacial score (nSPS) is 12.4. The van der Waals surface area contributed by atoms with E-state index in [1.165, 1.54) is 12.1 Å². The molecular formula is C10H11FO4S. The lowest BCUT2D eigenvalue weighted by atomic mass is 10.2. The molecule has 0 fully saturated rings. The lowest BCUT2D eigenvalue weighted by molar-refractivity contribution is -0.139. The van der Waals surface area contributed by atoms with Gasteiger partial charge in [0, 0.05) is 0 Å². The van der Waals surface area contributed by atoms with Gasteiger partial charge in [0.2, 0.25) is 0 Å². The molecule has 1 rings (SSSR count). The molecule has 0 saturated heterocycles. The molecule has 1 aromatic rings. The Balaban J connectivity index is 3.39. The highest BCUT2D eigenvalue weighted by molar-refractivity contribution is 7.93. The fourth-order valence-electron chi connectivity index (χ4n) is 1.04. The Labute approximate surface area is 92.6 Å². The quantitative estimate of drug-likeness (QED) is 0.876. The number of benzene rings is 1. The molecule has 0 aliphatic rings. The summed E-state index contributed by atoms with van der Waals surface area (Å²) in [6, 6.07) is 4.29. The first-order chi connectivity index (χ1) is 7.19. The van der Waals surface area contributed by atoms with E-state index < -0.39 is 26.4 Å². The number of carboxylic acid groups (broad SMARTS) is 1. The lowest BCUT2D eigenvalue weighted by Crippen LogP contribution is -2.40. The van der Waals surface area contributed by atoms with E-state index in [4.69, 9.17) is 5.11 Å². The van der Waals surface area contributed by atoms with Crippen LogP contribution < -0.4 is 0 Å². The van der Waals surface area contributed by atoms with Crippen LogP contribution in [-0.2, 0) is 14.6 Å². The molecule has 0 aromatic heterocycles. The molecule has 0 aliphatic carbocycles. The summed E-state index contributed by atoms with van der Waals surface area (Å²) >= 11 is 0. The van der Waals surface area contributed by atoms with Gasteiger partial charge in [0.15, 0.2) is 14.6 Å². The predicted molar refractivity (Wildman–Crippen MR) is 55.3 cm³/mol. The van der Waals surface area contributed by atoms with E-state index in [-0.39, 0.29) is 4.90 Å². The fourth-order valence-corrected chi connectivity index (χ4v) is 2.39. The van der Waals surface area contributed by atoms with Crippen molar-refractivity contribution in [2.45, 2.75) is 23.5 Å². The van der Waals surface area contributed by atoms with Gasteiger partial charge in [-0.25, -0.2) is 12.8 Å². The fraction of sp³-hybridized carbons (Fsp3) is 0.300. The Morgan fingerprint density at radius 2 is 1.94 bits per heavy atom. The standard InChI is InChI=1S/C10H11FO4S/c1-10(2,9(12)13)16(14,15)8-5-3-4-7(11)6-8/h3-6H,1-2H3,(H,12,13). The zero-order chi connectivity index (χ0) is 12.6. The minimum Gasteiger partial charge on any atom is -0.480 e. The van der Waals surface area contributed by atoms with E-state index >= 15 is 0 Å². The maximum Gasteiger partial charge on any atom is 0.324 e. The van der Waals surface area contributed by atoms with Crippen LogP contribution in [0.15, 0.2) is 29.2 Å². The molecule has 0 amide bonds. The van der Waals surface area contributed by atoms with Crippen LogP contribution in [0, 0.1) is 5.82 Å². The zero-order valence-electron chi connectivity index (χ0n) is 8.77. The summed E-state index contributed by atoms with van der Waals surface area (Å²) in [5.74, 6) is -2.20. The highest BCUT2D eigenvalue weighted by Crippen LogP contribution is 2.25. The van der Waals surface area contributed by atoms with Crippen LogP contribution in [0.4, 0.5) is 4.39 Å². The molecule has 88 valence electrons.